The van der Waals surface area contributed by atoms with Gasteiger partial charge in [0.25, 0.3) is 0 Å². The summed E-state index contributed by atoms with van der Waals surface area (Å²) in [4.78, 5) is 9.87. The highest BCUT2D eigenvalue weighted by Crippen LogP contribution is 2.22. The van der Waals surface area contributed by atoms with E-state index in [9.17, 15) is 0 Å². The molecule has 0 fully saturated rings. The van der Waals surface area contributed by atoms with Crippen LogP contribution >= 0.6 is 11.6 Å². The van der Waals surface area contributed by atoms with E-state index in [-0.39, 0.29) is 5.28 Å². The smallest absolute Gasteiger partial charge is 0.224 e. The summed E-state index contributed by atoms with van der Waals surface area (Å²) in [5.74, 6) is 0.741. The molecule has 5 heteroatoms. The van der Waals surface area contributed by atoms with E-state index in [1.165, 1.54) is 0 Å². The van der Waals surface area contributed by atoms with Crippen molar-refractivity contribution in [1.82, 2.24) is 9.97 Å². The molecule has 0 saturated heterocycles. The zero-order chi connectivity index (χ0) is 11.5. The second-order valence-electron chi connectivity index (χ2n) is 3.33. The summed E-state index contributed by atoms with van der Waals surface area (Å²) < 4.78 is 0. The molecular formula is C11H11ClN4. The van der Waals surface area contributed by atoms with Crippen LogP contribution in [0.5, 0.6) is 0 Å². The Morgan fingerprint density at radius 2 is 1.88 bits per heavy atom. The van der Waals surface area contributed by atoms with Crippen molar-refractivity contribution in [3.63, 3.8) is 0 Å². The van der Waals surface area contributed by atoms with Crippen LogP contribution in [0.4, 0.5) is 17.2 Å². The standard InChI is InChI=1S/C11H11ClN4/c1-16(9-4-2-8(13)3-5-9)10-6-7-14-11(12)15-10/h2-7H,13H2,1H3. The maximum Gasteiger partial charge on any atom is 0.224 e. The van der Waals surface area contributed by atoms with Crippen molar-refractivity contribution in [1.29, 1.82) is 0 Å². The molecule has 0 spiro atoms. The molecule has 0 radical (unpaired) electrons. The molecular weight excluding hydrogens is 224 g/mol. The number of hydrogen-bond acceptors (Lipinski definition) is 4. The van der Waals surface area contributed by atoms with Gasteiger partial charge in [0.15, 0.2) is 0 Å². The monoisotopic (exact) mass is 234 g/mol. The van der Waals surface area contributed by atoms with Gasteiger partial charge < -0.3 is 10.6 Å². The highest BCUT2D eigenvalue weighted by atomic mass is 35.5. The summed E-state index contributed by atoms with van der Waals surface area (Å²) in [7, 11) is 1.91. The lowest BCUT2D eigenvalue weighted by Gasteiger charge is -2.18. The average molecular weight is 235 g/mol. The van der Waals surface area contributed by atoms with Gasteiger partial charge in [-0.25, -0.2) is 9.97 Å². The van der Waals surface area contributed by atoms with Crippen LogP contribution in [0.3, 0.4) is 0 Å². The molecule has 2 rings (SSSR count). The molecule has 0 saturated carbocycles. The first-order chi connectivity index (χ1) is 7.66. The van der Waals surface area contributed by atoms with Gasteiger partial charge in [-0.15, -0.1) is 0 Å². The summed E-state index contributed by atoms with van der Waals surface area (Å²) in [5, 5.41) is 0.236. The highest BCUT2D eigenvalue weighted by Gasteiger charge is 2.05. The van der Waals surface area contributed by atoms with Gasteiger partial charge >= 0.3 is 0 Å². The van der Waals surface area contributed by atoms with Gasteiger partial charge in [-0.3, -0.25) is 0 Å². The van der Waals surface area contributed by atoms with Crippen molar-refractivity contribution >= 4 is 28.8 Å². The van der Waals surface area contributed by atoms with Gasteiger partial charge in [-0.2, -0.15) is 0 Å². The Hall–Kier alpha value is -1.81. The third kappa shape index (κ3) is 2.23. The lowest BCUT2D eigenvalue weighted by atomic mass is 10.2. The first kappa shape index (κ1) is 10.7. The van der Waals surface area contributed by atoms with Crippen LogP contribution in [-0.4, -0.2) is 17.0 Å². The van der Waals surface area contributed by atoms with E-state index in [0.29, 0.717) is 0 Å². The van der Waals surface area contributed by atoms with Crippen molar-refractivity contribution in [3.8, 4) is 0 Å². The van der Waals surface area contributed by atoms with E-state index >= 15 is 0 Å². The summed E-state index contributed by atoms with van der Waals surface area (Å²) in [6, 6.07) is 9.32. The normalized spacial score (nSPS) is 10.1. The van der Waals surface area contributed by atoms with Gasteiger partial charge in [-0.05, 0) is 41.9 Å². The minimum atomic E-state index is 0.236. The fourth-order valence-electron chi connectivity index (χ4n) is 1.34. The van der Waals surface area contributed by atoms with E-state index in [2.05, 4.69) is 9.97 Å². The lowest BCUT2D eigenvalue weighted by molar-refractivity contribution is 1.08. The SMILES string of the molecule is CN(c1ccc(N)cc1)c1ccnc(Cl)n1. The molecule has 0 aliphatic heterocycles. The minimum absolute atomic E-state index is 0.236. The topological polar surface area (TPSA) is 55.0 Å². The van der Waals surface area contributed by atoms with E-state index in [1.54, 1.807) is 12.3 Å². The number of nitrogens with two attached hydrogens (primary N) is 1. The minimum Gasteiger partial charge on any atom is -0.399 e. The van der Waals surface area contributed by atoms with Crippen LogP contribution < -0.4 is 10.6 Å². The van der Waals surface area contributed by atoms with Crippen molar-refractivity contribution in [2.45, 2.75) is 0 Å². The molecule has 82 valence electrons. The Balaban J connectivity index is 2.31. The Morgan fingerprint density at radius 1 is 1.19 bits per heavy atom. The second kappa shape index (κ2) is 4.37. The maximum absolute atomic E-state index is 5.73. The first-order valence-electron chi connectivity index (χ1n) is 4.74. The molecule has 2 N–H and O–H groups in total. The number of anilines is 3. The largest absolute Gasteiger partial charge is 0.399 e. The number of hydrogen-bond donors (Lipinski definition) is 1. The van der Waals surface area contributed by atoms with Gasteiger partial charge in [0.05, 0.1) is 0 Å². The summed E-state index contributed by atoms with van der Waals surface area (Å²) in [6.07, 6.45) is 1.62. The molecule has 16 heavy (non-hydrogen) atoms. The Morgan fingerprint density at radius 3 is 2.50 bits per heavy atom. The van der Waals surface area contributed by atoms with Crippen molar-refractivity contribution in [2.75, 3.05) is 17.7 Å². The number of halogens is 1. The van der Waals surface area contributed by atoms with E-state index in [1.807, 2.05) is 36.2 Å². The molecule has 2 aromatic rings. The van der Waals surface area contributed by atoms with Crippen molar-refractivity contribution < 1.29 is 0 Å². The maximum atomic E-state index is 5.73. The molecule has 1 aromatic heterocycles. The van der Waals surface area contributed by atoms with E-state index in [4.69, 9.17) is 17.3 Å². The fourth-order valence-corrected chi connectivity index (χ4v) is 1.49. The van der Waals surface area contributed by atoms with Crippen LogP contribution in [0.15, 0.2) is 36.5 Å². The molecule has 1 aromatic carbocycles. The third-order valence-corrected chi connectivity index (χ3v) is 2.42. The van der Waals surface area contributed by atoms with Gasteiger partial charge in [-0.1, -0.05) is 0 Å². The van der Waals surface area contributed by atoms with Gasteiger partial charge in [0, 0.05) is 24.6 Å². The van der Waals surface area contributed by atoms with Crippen LogP contribution in [0.2, 0.25) is 5.28 Å². The molecule has 4 nitrogen and oxygen atoms in total. The van der Waals surface area contributed by atoms with Crippen LogP contribution in [0.25, 0.3) is 0 Å². The quantitative estimate of drug-likeness (QED) is 0.641. The molecule has 0 bridgehead atoms. The van der Waals surface area contributed by atoms with Crippen molar-refractivity contribution in [2.24, 2.45) is 0 Å². The van der Waals surface area contributed by atoms with Gasteiger partial charge in [0.2, 0.25) is 5.28 Å². The summed E-state index contributed by atoms with van der Waals surface area (Å²) in [5.41, 5.74) is 7.35. The number of rotatable bonds is 2. The molecule has 1 heterocycles. The zero-order valence-electron chi connectivity index (χ0n) is 8.76. The number of benzene rings is 1. The van der Waals surface area contributed by atoms with Crippen LogP contribution in [-0.2, 0) is 0 Å². The molecule has 0 aliphatic carbocycles. The molecule has 0 aliphatic rings. The number of nitrogen functional groups attached to an aromatic ring is 1. The Kier molecular flexibility index (Phi) is 2.92. The summed E-state index contributed by atoms with van der Waals surface area (Å²) in [6.45, 7) is 0. The first-order valence-corrected chi connectivity index (χ1v) is 5.12. The lowest BCUT2D eigenvalue weighted by Crippen LogP contribution is -2.11. The molecule has 0 amide bonds. The predicted octanol–water partition coefficient (Wildman–Crippen LogP) is 2.48. The molecule has 0 unspecified atom stereocenters. The Labute approximate surface area is 98.7 Å². The van der Waals surface area contributed by atoms with Crippen LogP contribution in [0.1, 0.15) is 0 Å². The summed E-state index contributed by atoms with van der Waals surface area (Å²) >= 11 is 5.73. The van der Waals surface area contributed by atoms with Crippen molar-refractivity contribution in [3.05, 3.63) is 41.8 Å². The third-order valence-electron chi connectivity index (χ3n) is 2.24. The fraction of sp³-hybridized carbons (Fsp3) is 0.0909. The highest BCUT2D eigenvalue weighted by molar-refractivity contribution is 6.28. The Bertz CT molecular complexity index is 484. The number of aromatic nitrogens is 2. The van der Waals surface area contributed by atoms with Gasteiger partial charge in [0.1, 0.15) is 5.82 Å². The van der Waals surface area contributed by atoms with E-state index in [0.717, 1.165) is 17.2 Å². The zero-order valence-corrected chi connectivity index (χ0v) is 9.52. The average Bonchev–Trinajstić information content (AvgIpc) is 2.29. The van der Waals surface area contributed by atoms with Crippen LogP contribution in [0, 0.1) is 0 Å². The van der Waals surface area contributed by atoms with E-state index < -0.39 is 0 Å². The molecule has 0 atom stereocenters. The number of nitrogens with zero attached hydrogens (tertiary/aromatic N) is 3. The second-order valence-corrected chi connectivity index (χ2v) is 3.67. The predicted molar refractivity (Wildman–Crippen MR) is 66.0 cm³/mol.